The van der Waals surface area contributed by atoms with E-state index in [1.54, 1.807) is 12.4 Å². The summed E-state index contributed by atoms with van der Waals surface area (Å²) in [5, 5.41) is 8.45. The lowest BCUT2D eigenvalue weighted by atomic mass is 10.1. The van der Waals surface area contributed by atoms with E-state index in [1.807, 2.05) is 36.4 Å². The van der Waals surface area contributed by atoms with Gasteiger partial charge in [0.15, 0.2) is 0 Å². The van der Waals surface area contributed by atoms with Crippen LogP contribution in [-0.4, -0.2) is 11.6 Å². The SMILES string of the molecule is N#CCCCCOc1ccc(C=Cc2ccncc2)cc1. The number of hydrogen-bond acceptors (Lipinski definition) is 3. The first-order valence-corrected chi connectivity index (χ1v) is 7.06. The Morgan fingerprint density at radius 1 is 0.952 bits per heavy atom. The third-order valence-corrected chi connectivity index (χ3v) is 3.01. The zero-order valence-corrected chi connectivity index (χ0v) is 11.9. The van der Waals surface area contributed by atoms with Gasteiger partial charge in [0.25, 0.3) is 0 Å². The Kier molecular flexibility index (Phi) is 6.02. The van der Waals surface area contributed by atoms with Crippen LogP contribution in [0.2, 0.25) is 0 Å². The molecule has 21 heavy (non-hydrogen) atoms. The Morgan fingerprint density at radius 2 is 1.62 bits per heavy atom. The predicted octanol–water partition coefficient (Wildman–Crippen LogP) is 4.32. The summed E-state index contributed by atoms with van der Waals surface area (Å²) >= 11 is 0. The summed E-state index contributed by atoms with van der Waals surface area (Å²) in [5.74, 6) is 0.869. The second kappa shape index (κ2) is 8.55. The second-order valence-electron chi connectivity index (χ2n) is 4.65. The molecule has 0 aliphatic carbocycles. The number of unbranched alkanes of at least 4 members (excludes halogenated alkanes) is 2. The van der Waals surface area contributed by atoms with Gasteiger partial charge in [0.05, 0.1) is 12.7 Å². The number of hydrogen-bond donors (Lipinski definition) is 0. The highest BCUT2D eigenvalue weighted by molar-refractivity contribution is 5.69. The van der Waals surface area contributed by atoms with Crippen LogP contribution >= 0.6 is 0 Å². The molecule has 2 rings (SSSR count). The zero-order valence-electron chi connectivity index (χ0n) is 11.9. The van der Waals surface area contributed by atoms with Gasteiger partial charge in [-0.25, -0.2) is 0 Å². The molecule has 3 heteroatoms. The molecule has 2 aromatic rings. The fraction of sp³-hybridized carbons (Fsp3) is 0.222. The standard InChI is InChI=1S/C18H18N2O/c19-12-2-1-3-15-21-18-8-6-16(7-9-18)4-5-17-10-13-20-14-11-17/h4-11,13-14H,1-3,15H2. The van der Waals surface area contributed by atoms with Crippen molar-refractivity contribution in [3.05, 3.63) is 59.9 Å². The van der Waals surface area contributed by atoms with Crippen molar-refractivity contribution in [2.24, 2.45) is 0 Å². The average molecular weight is 278 g/mol. The summed E-state index contributed by atoms with van der Waals surface area (Å²) in [7, 11) is 0. The van der Waals surface area contributed by atoms with Crippen molar-refractivity contribution in [1.82, 2.24) is 4.98 Å². The Morgan fingerprint density at radius 3 is 2.29 bits per heavy atom. The Balaban J connectivity index is 1.82. The molecule has 3 nitrogen and oxygen atoms in total. The molecule has 0 spiro atoms. The number of pyridine rings is 1. The molecule has 0 atom stereocenters. The minimum Gasteiger partial charge on any atom is -0.494 e. The quantitative estimate of drug-likeness (QED) is 0.708. The van der Waals surface area contributed by atoms with E-state index in [2.05, 4.69) is 23.2 Å². The van der Waals surface area contributed by atoms with Crippen molar-refractivity contribution >= 4 is 12.2 Å². The maximum atomic E-state index is 8.45. The lowest BCUT2D eigenvalue weighted by molar-refractivity contribution is 0.307. The van der Waals surface area contributed by atoms with Gasteiger partial charge in [-0.2, -0.15) is 5.26 Å². The summed E-state index contributed by atoms with van der Waals surface area (Å²) in [6.45, 7) is 0.661. The molecule has 0 fully saturated rings. The Labute approximate surface area is 125 Å². The summed E-state index contributed by atoms with van der Waals surface area (Å²) < 4.78 is 5.63. The van der Waals surface area contributed by atoms with E-state index in [1.165, 1.54) is 0 Å². The van der Waals surface area contributed by atoms with E-state index in [0.29, 0.717) is 13.0 Å². The van der Waals surface area contributed by atoms with Crippen LogP contribution in [0.3, 0.4) is 0 Å². The van der Waals surface area contributed by atoms with Crippen LogP contribution in [0.4, 0.5) is 0 Å². The van der Waals surface area contributed by atoms with Crippen molar-refractivity contribution < 1.29 is 4.74 Å². The van der Waals surface area contributed by atoms with Crippen LogP contribution in [0.1, 0.15) is 30.4 Å². The van der Waals surface area contributed by atoms with Crippen molar-refractivity contribution in [3.63, 3.8) is 0 Å². The molecule has 0 unspecified atom stereocenters. The first-order valence-electron chi connectivity index (χ1n) is 7.06. The molecule has 0 radical (unpaired) electrons. The third-order valence-electron chi connectivity index (χ3n) is 3.01. The molecule has 0 amide bonds. The molecule has 0 N–H and O–H groups in total. The van der Waals surface area contributed by atoms with E-state index in [9.17, 15) is 0 Å². The molecule has 1 heterocycles. The van der Waals surface area contributed by atoms with Gasteiger partial charge in [-0.3, -0.25) is 4.98 Å². The molecule has 0 bridgehead atoms. The highest BCUT2D eigenvalue weighted by atomic mass is 16.5. The third kappa shape index (κ3) is 5.50. The summed E-state index contributed by atoms with van der Waals surface area (Å²) in [6, 6.07) is 14.1. The summed E-state index contributed by atoms with van der Waals surface area (Å²) in [5.41, 5.74) is 2.26. The molecule has 0 saturated heterocycles. The van der Waals surface area contributed by atoms with Gasteiger partial charge in [0.1, 0.15) is 5.75 Å². The van der Waals surface area contributed by atoms with Crippen molar-refractivity contribution in [2.45, 2.75) is 19.3 Å². The number of ether oxygens (including phenoxy) is 1. The minimum atomic E-state index is 0.599. The topological polar surface area (TPSA) is 45.9 Å². The van der Waals surface area contributed by atoms with E-state index in [0.717, 1.165) is 29.7 Å². The summed E-state index contributed by atoms with van der Waals surface area (Å²) in [4.78, 5) is 3.99. The van der Waals surface area contributed by atoms with Crippen LogP contribution in [0, 0.1) is 11.3 Å². The fourth-order valence-corrected chi connectivity index (χ4v) is 1.84. The smallest absolute Gasteiger partial charge is 0.119 e. The van der Waals surface area contributed by atoms with E-state index in [4.69, 9.17) is 10.00 Å². The number of nitriles is 1. The van der Waals surface area contributed by atoms with Gasteiger partial charge < -0.3 is 4.74 Å². The lowest BCUT2D eigenvalue weighted by Gasteiger charge is -2.05. The predicted molar refractivity (Wildman–Crippen MR) is 84.6 cm³/mol. The maximum Gasteiger partial charge on any atom is 0.119 e. The van der Waals surface area contributed by atoms with Crippen molar-refractivity contribution in [2.75, 3.05) is 6.61 Å². The molecule has 0 saturated carbocycles. The molecule has 0 aliphatic rings. The summed E-state index contributed by atoms with van der Waals surface area (Å²) in [6.07, 6.45) is 10.1. The van der Waals surface area contributed by atoms with Gasteiger partial charge in [0.2, 0.25) is 0 Å². The highest BCUT2D eigenvalue weighted by Gasteiger charge is 1.94. The second-order valence-corrected chi connectivity index (χ2v) is 4.65. The Hall–Kier alpha value is -2.60. The molecular formula is C18H18N2O. The van der Waals surface area contributed by atoms with Gasteiger partial charge in [-0.15, -0.1) is 0 Å². The molecule has 1 aromatic carbocycles. The van der Waals surface area contributed by atoms with Gasteiger partial charge in [-0.05, 0) is 48.2 Å². The molecular weight excluding hydrogens is 260 g/mol. The van der Waals surface area contributed by atoms with Crippen LogP contribution < -0.4 is 4.74 Å². The van der Waals surface area contributed by atoms with Crippen LogP contribution in [0.25, 0.3) is 12.2 Å². The van der Waals surface area contributed by atoms with Crippen LogP contribution in [-0.2, 0) is 0 Å². The van der Waals surface area contributed by atoms with E-state index >= 15 is 0 Å². The molecule has 1 aromatic heterocycles. The van der Waals surface area contributed by atoms with Gasteiger partial charge in [-0.1, -0.05) is 24.3 Å². The number of benzene rings is 1. The normalized spacial score (nSPS) is 10.4. The first-order chi connectivity index (χ1) is 10.4. The first kappa shape index (κ1) is 14.8. The number of aromatic nitrogens is 1. The monoisotopic (exact) mass is 278 g/mol. The molecule has 0 aliphatic heterocycles. The molecule has 106 valence electrons. The maximum absolute atomic E-state index is 8.45. The minimum absolute atomic E-state index is 0.599. The van der Waals surface area contributed by atoms with Crippen molar-refractivity contribution in [3.8, 4) is 11.8 Å². The van der Waals surface area contributed by atoms with Crippen molar-refractivity contribution in [1.29, 1.82) is 5.26 Å². The average Bonchev–Trinajstić information content (AvgIpc) is 2.55. The highest BCUT2D eigenvalue weighted by Crippen LogP contribution is 2.15. The van der Waals surface area contributed by atoms with E-state index in [-0.39, 0.29) is 0 Å². The number of nitrogens with zero attached hydrogens (tertiary/aromatic N) is 2. The van der Waals surface area contributed by atoms with Gasteiger partial charge >= 0.3 is 0 Å². The van der Waals surface area contributed by atoms with Crippen LogP contribution in [0.5, 0.6) is 5.75 Å². The van der Waals surface area contributed by atoms with Crippen LogP contribution in [0.15, 0.2) is 48.8 Å². The lowest BCUT2D eigenvalue weighted by Crippen LogP contribution is -1.96. The zero-order chi connectivity index (χ0) is 14.8. The van der Waals surface area contributed by atoms with E-state index < -0.39 is 0 Å². The number of rotatable bonds is 7. The largest absolute Gasteiger partial charge is 0.494 e. The fourth-order valence-electron chi connectivity index (χ4n) is 1.84. The van der Waals surface area contributed by atoms with Gasteiger partial charge in [0, 0.05) is 18.8 Å². The Bertz CT molecular complexity index is 597.